The maximum atomic E-state index is 6.07. The Kier molecular flexibility index (Phi) is 1.76. The SMILES string of the molecule is Bc1nccc2oc3c(Cl)cccc3c12. The molecule has 0 atom stereocenters. The summed E-state index contributed by atoms with van der Waals surface area (Å²) in [7, 11) is 1.97. The summed E-state index contributed by atoms with van der Waals surface area (Å²) in [6.07, 6.45) is 1.74. The third-order valence-electron chi connectivity index (χ3n) is 2.55. The zero-order valence-electron chi connectivity index (χ0n) is 8.12. The minimum Gasteiger partial charge on any atom is -0.454 e. The van der Waals surface area contributed by atoms with Gasteiger partial charge in [0.1, 0.15) is 5.58 Å². The van der Waals surface area contributed by atoms with Crippen LogP contribution in [0.3, 0.4) is 0 Å². The van der Waals surface area contributed by atoms with Crippen LogP contribution in [0, 0.1) is 0 Å². The van der Waals surface area contributed by atoms with Crippen molar-refractivity contribution in [2.24, 2.45) is 0 Å². The molecular weight excluding hydrogens is 208 g/mol. The fourth-order valence-electron chi connectivity index (χ4n) is 1.88. The van der Waals surface area contributed by atoms with Gasteiger partial charge in [-0.05, 0) is 12.1 Å². The molecule has 0 saturated heterocycles. The van der Waals surface area contributed by atoms with E-state index in [0.29, 0.717) is 5.02 Å². The number of para-hydroxylation sites is 1. The lowest BCUT2D eigenvalue weighted by Gasteiger charge is -1.93. The van der Waals surface area contributed by atoms with E-state index >= 15 is 0 Å². The van der Waals surface area contributed by atoms with E-state index in [9.17, 15) is 0 Å². The molecule has 0 radical (unpaired) electrons. The van der Waals surface area contributed by atoms with E-state index in [1.54, 1.807) is 6.20 Å². The quantitative estimate of drug-likeness (QED) is 0.535. The number of aromatic nitrogens is 1. The summed E-state index contributed by atoms with van der Waals surface area (Å²) in [6.45, 7) is 0. The molecule has 0 aliphatic rings. The van der Waals surface area contributed by atoms with Crippen LogP contribution in [-0.2, 0) is 0 Å². The molecule has 0 saturated carbocycles. The minimum absolute atomic E-state index is 0.642. The molecule has 3 aromatic rings. The zero-order chi connectivity index (χ0) is 10.4. The molecule has 0 fully saturated rings. The molecule has 4 heteroatoms. The zero-order valence-corrected chi connectivity index (χ0v) is 8.88. The summed E-state index contributed by atoms with van der Waals surface area (Å²) >= 11 is 6.07. The van der Waals surface area contributed by atoms with Crippen molar-refractivity contribution >= 4 is 47.0 Å². The van der Waals surface area contributed by atoms with Gasteiger partial charge in [0.15, 0.2) is 13.4 Å². The third kappa shape index (κ3) is 1.16. The van der Waals surface area contributed by atoms with Crippen molar-refractivity contribution < 1.29 is 4.42 Å². The lowest BCUT2D eigenvalue weighted by Crippen LogP contribution is -2.07. The van der Waals surface area contributed by atoms with Crippen LogP contribution in [0.4, 0.5) is 0 Å². The van der Waals surface area contributed by atoms with Crippen molar-refractivity contribution in [2.45, 2.75) is 0 Å². The van der Waals surface area contributed by atoms with Gasteiger partial charge in [-0.3, -0.25) is 4.98 Å². The molecule has 15 heavy (non-hydrogen) atoms. The van der Waals surface area contributed by atoms with Crippen molar-refractivity contribution in [3.63, 3.8) is 0 Å². The normalized spacial score (nSPS) is 11.3. The summed E-state index contributed by atoms with van der Waals surface area (Å²) in [5.74, 6) is 0. The van der Waals surface area contributed by atoms with Gasteiger partial charge in [0, 0.05) is 22.6 Å². The van der Waals surface area contributed by atoms with E-state index in [1.165, 1.54) is 0 Å². The number of nitrogens with zero attached hydrogens (tertiary/aromatic N) is 1. The maximum Gasteiger partial charge on any atom is 0.164 e. The first-order chi connectivity index (χ1) is 7.27. The molecule has 2 nitrogen and oxygen atoms in total. The van der Waals surface area contributed by atoms with E-state index in [1.807, 2.05) is 32.1 Å². The number of pyridine rings is 1. The van der Waals surface area contributed by atoms with Crippen molar-refractivity contribution in [1.82, 2.24) is 4.98 Å². The molecule has 0 unspecified atom stereocenters. The van der Waals surface area contributed by atoms with E-state index in [0.717, 1.165) is 27.5 Å². The van der Waals surface area contributed by atoms with E-state index in [-0.39, 0.29) is 0 Å². The Labute approximate surface area is 92.3 Å². The van der Waals surface area contributed by atoms with Crippen LogP contribution >= 0.6 is 11.6 Å². The van der Waals surface area contributed by atoms with Crippen LogP contribution in [-0.4, -0.2) is 12.8 Å². The summed E-state index contributed by atoms with van der Waals surface area (Å²) in [5.41, 5.74) is 2.55. The number of hydrogen-bond donors (Lipinski definition) is 0. The molecule has 0 N–H and O–H groups in total. The Bertz CT molecular complexity index is 662. The van der Waals surface area contributed by atoms with E-state index < -0.39 is 0 Å². The summed E-state index contributed by atoms with van der Waals surface area (Å²) in [6, 6.07) is 7.61. The van der Waals surface area contributed by atoms with Crippen molar-refractivity contribution in [2.75, 3.05) is 0 Å². The molecule has 72 valence electrons. The lowest BCUT2D eigenvalue weighted by molar-refractivity contribution is 0.669. The Balaban J connectivity index is 2.65. The highest BCUT2D eigenvalue weighted by Gasteiger charge is 2.10. The van der Waals surface area contributed by atoms with Gasteiger partial charge < -0.3 is 4.42 Å². The van der Waals surface area contributed by atoms with Gasteiger partial charge in [0.2, 0.25) is 0 Å². The van der Waals surface area contributed by atoms with Crippen molar-refractivity contribution in [3.05, 3.63) is 35.5 Å². The van der Waals surface area contributed by atoms with E-state index in [4.69, 9.17) is 16.0 Å². The smallest absolute Gasteiger partial charge is 0.164 e. The molecule has 2 heterocycles. The summed E-state index contributed by atoms with van der Waals surface area (Å²) < 4.78 is 5.69. The first-order valence-electron chi connectivity index (χ1n) is 4.70. The van der Waals surface area contributed by atoms with Gasteiger partial charge in [0.05, 0.1) is 5.02 Å². The van der Waals surface area contributed by atoms with Crippen molar-refractivity contribution in [3.8, 4) is 0 Å². The van der Waals surface area contributed by atoms with Crippen LogP contribution in [0.15, 0.2) is 34.9 Å². The molecule has 0 aliphatic carbocycles. The summed E-state index contributed by atoms with van der Waals surface area (Å²) in [5, 5.41) is 2.72. The third-order valence-corrected chi connectivity index (χ3v) is 2.85. The average molecular weight is 215 g/mol. The molecular formula is C11H7BClNO. The Hall–Kier alpha value is -1.48. The van der Waals surface area contributed by atoms with Gasteiger partial charge in [-0.1, -0.05) is 23.7 Å². The second-order valence-electron chi connectivity index (χ2n) is 3.49. The second-order valence-corrected chi connectivity index (χ2v) is 3.90. The average Bonchev–Trinajstić information content (AvgIpc) is 2.59. The predicted molar refractivity (Wildman–Crippen MR) is 64.7 cm³/mol. The number of rotatable bonds is 0. The number of furan rings is 1. The fourth-order valence-corrected chi connectivity index (χ4v) is 2.09. The van der Waals surface area contributed by atoms with Crippen LogP contribution in [0.25, 0.3) is 21.9 Å². The van der Waals surface area contributed by atoms with Crippen LogP contribution in [0.1, 0.15) is 0 Å². The highest BCUT2D eigenvalue weighted by atomic mass is 35.5. The Morgan fingerprint density at radius 2 is 2.13 bits per heavy atom. The maximum absolute atomic E-state index is 6.07. The molecule has 0 spiro atoms. The van der Waals surface area contributed by atoms with E-state index in [2.05, 4.69) is 4.98 Å². The second kappa shape index (κ2) is 3.01. The van der Waals surface area contributed by atoms with Gasteiger partial charge >= 0.3 is 0 Å². The lowest BCUT2D eigenvalue weighted by atomic mass is 9.98. The molecule has 0 amide bonds. The first kappa shape index (κ1) is 8.80. The predicted octanol–water partition coefficient (Wildman–Crippen LogP) is 1.89. The fraction of sp³-hybridized carbons (Fsp3) is 0. The highest BCUT2D eigenvalue weighted by Crippen LogP contribution is 2.31. The van der Waals surface area contributed by atoms with Crippen LogP contribution in [0.2, 0.25) is 5.02 Å². The standard InChI is InChI=1S/C11H7BClNO/c12-11-9-6-2-1-3-7(13)10(6)15-8(9)4-5-14-11/h1-5H,12H2. The largest absolute Gasteiger partial charge is 0.454 e. The Morgan fingerprint density at radius 3 is 3.00 bits per heavy atom. The number of hydrogen-bond acceptors (Lipinski definition) is 2. The number of benzene rings is 1. The molecule has 3 rings (SSSR count). The van der Waals surface area contributed by atoms with Gasteiger partial charge in [0.25, 0.3) is 0 Å². The minimum atomic E-state index is 0.642. The van der Waals surface area contributed by atoms with Gasteiger partial charge in [-0.2, -0.15) is 0 Å². The molecule has 1 aromatic carbocycles. The molecule has 0 bridgehead atoms. The Morgan fingerprint density at radius 1 is 1.27 bits per heavy atom. The van der Waals surface area contributed by atoms with Gasteiger partial charge in [-0.25, -0.2) is 0 Å². The van der Waals surface area contributed by atoms with Crippen LogP contribution < -0.4 is 5.59 Å². The number of halogens is 1. The monoisotopic (exact) mass is 215 g/mol. The highest BCUT2D eigenvalue weighted by molar-refractivity contribution is 6.41. The van der Waals surface area contributed by atoms with Crippen molar-refractivity contribution in [1.29, 1.82) is 0 Å². The van der Waals surface area contributed by atoms with Gasteiger partial charge in [-0.15, -0.1) is 0 Å². The van der Waals surface area contributed by atoms with Crippen LogP contribution in [0.5, 0.6) is 0 Å². The first-order valence-corrected chi connectivity index (χ1v) is 5.07. The summed E-state index contributed by atoms with van der Waals surface area (Å²) in [4.78, 5) is 4.26. The topological polar surface area (TPSA) is 26.0 Å². The number of fused-ring (bicyclic) bond motifs is 3. The molecule has 0 aliphatic heterocycles. The molecule has 2 aromatic heterocycles.